The van der Waals surface area contributed by atoms with Gasteiger partial charge < -0.3 is 5.32 Å². The lowest BCUT2D eigenvalue weighted by Gasteiger charge is -2.27. The van der Waals surface area contributed by atoms with Crippen molar-refractivity contribution in [3.05, 3.63) is 91.0 Å². The van der Waals surface area contributed by atoms with Gasteiger partial charge in [0, 0.05) is 13.5 Å². The fourth-order valence-electron chi connectivity index (χ4n) is 4.29. The first-order valence-corrected chi connectivity index (χ1v) is 14.8. The summed E-state index contributed by atoms with van der Waals surface area (Å²) in [6.45, 7) is 4.50. The van der Waals surface area contributed by atoms with Crippen LogP contribution in [0.2, 0.25) is 0 Å². The number of ketones is 1. The molecule has 1 N–H and O–H groups in total. The molecule has 3 aromatic carbocycles. The molecule has 0 aliphatic carbocycles. The lowest BCUT2D eigenvalue weighted by atomic mass is 10.2. The van der Waals surface area contributed by atoms with Crippen molar-refractivity contribution in [2.45, 2.75) is 39.5 Å². The molecule has 3 nitrogen and oxygen atoms in total. The Labute approximate surface area is 216 Å². The lowest BCUT2D eigenvalue weighted by molar-refractivity contribution is -0.111. The van der Waals surface area contributed by atoms with E-state index in [-0.39, 0.29) is 5.78 Å². The molecule has 3 aromatic rings. The summed E-state index contributed by atoms with van der Waals surface area (Å²) in [5.74, 6) is -0.00627. The normalized spacial score (nSPS) is 11.8. The highest BCUT2D eigenvalue weighted by Gasteiger charge is 2.44. The predicted octanol–water partition coefficient (Wildman–Crippen LogP) is 5.51. The fraction of sp³-hybridized carbons (Fsp3) is 0.300. The molecule has 0 saturated carbocycles. The minimum atomic E-state index is -1.73. The highest BCUT2D eigenvalue weighted by molar-refractivity contribution is 7.95. The average molecular weight is 504 g/mol. The fourth-order valence-corrected chi connectivity index (χ4v) is 8.87. The molecule has 0 aromatic heterocycles. The lowest BCUT2D eigenvalue weighted by Crippen LogP contribution is -2.33. The molecule has 0 amide bonds. The number of thiocarbonyl (C=S) groups is 1. The summed E-state index contributed by atoms with van der Waals surface area (Å²) in [4.78, 5) is 16.2. The Morgan fingerprint density at radius 2 is 1.20 bits per heavy atom. The number of unbranched alkanes of at least 4 members (excludes halogenated alkanes) is 3. The van der Waals surface area contributed by atoms with Crippen LogP contribution >= 0.6 is 19.5 Å². The van der Waals surface area contributed by atoms with Gasteiger partial charge in [-0.2, -0.15) is 0 Å². The maximum atomic E-state index is 11.3. The molecule has 0 bridgehead atoms. The predicted molar refractivity (Wildman–Crippen MR) is 158 cm³/mol. The Morgan fingerprint density at radius 1 is 0.743 bits per heavy atom. The van der Waals surface area contributed by atoms with Gasteiger partial charge >= 0.3 is 0 Å². The molecule has 0 aliphatic heterocycles. The topological polar surface area (TPSA) is 41.5 Å². The monoisotopic (exact) mass is 503 g/mol. The summed E-state index contributed by atoms with van der Waals surface area (Å²) in [5.41, 5.74) is 0.524. The minimum absolute atomic E-state index is 0.00627. The van der Waals surface area contributed by atoms with E-state index in [1.165, 1.54) is 35.7 Å². The second-order valence-corrected chi connectivity index (χ2v) is 12.9. The van der Waals surface area contributed by atoms with Gasteiger partial charge in [-0.15, -0.1) is 0 Å². The van der Waals surface area contributed by atoms with E-state index in [1.807, 2.05) is 0 Å². The van der Waals surface area contributed by atoms with Gasteiger partial charge in [0.25, 0.3) is 0 Å². The Morgan fingerprint density at radius 3 is 1.66 bits per heavy atom. The first-order valence-electron chi connectivity index (χ1n) is 12.4. The maximum Gasteiger partial charge on any atom is 0.173 e. The first kappa shape index (κ1) is 26.9. The molecule has 0 radical (unpaired) electrons. The summed E-state index contributed by atoms with van der Waals surface area (Å²) >= 11 is 5.35. The van der Waals surface area contributed by atoms with Crippen LogP contribution in [0.3, 0.4) is 0 Å². The molecule has 0 aliphatic rings. The van der Waals surface area contributed by atoms with E-state index in [0.717, 1.165) is 25.5 Å². The van der Waals surface area contributed by atoms with E-state index in [1.54, 1.807) is 6.92 Å². The third-order valence-corrected chi connectivity index (χ3v) is 11.1. The second-order valence-electron chi connectivity index (χ2n) is 8.76. The number of carbonyl (C=O) groups is 1. The molecule has 0 saturated heterocycles. The number of carbonyl (C=O) groups excluding carboxylic acids is 1. The van der Waals surface area contributed by atoms with Crippen LogP contribution < -0.4 is 21.2 Å². The van der Waals surface area contributed by atoms with Crippen molar-refractivity contribution in [3.8, 4) is 0 Å². The largest absolute Gasteiger partial charge is 0.378 e. The molecule has 0 heterocycles. The van der Waals surface area contributed by atoms with Crippen molar-refractivity contribution in [1.29, 1.82) is 0 Å². The number of aliphatic imine (C=N–C) groups is 1. The zero-order chi connectivity index (χ0) is 24.9. The summed E-state index contributed by atoms with van der Waals surface area (Å²) in [6, 6.07) is 33.3. The Hall–Kier alpha value is -2.68. The van der Waals surface area contributed by atoms with Crippen LogP contribution in [0.15, 0.2) is 96.0 Å². The number of benzene rings is 3. The second kappa shape index (κ2) is 14.0. The van der Waals surface area contributed by atoms with Gasteiger partial charge in [0.05, 0.1) is 23.4 Å². The summed E-state index contributed by atoms with van der Waals surface area (Å²) < 4.78 is 0. The third-order valence-electron chi connectivity index (χ3n) is 6.30. The van der Waals surface area contributed by atoms with Crippen molar-refractivity contribution >= 4 is 51.9 Å². The van der Waals surface area contributed by atoms with Gasteiger partial charge in [-0.25, -0.2) is 0 Å². The van der Waals surface area contributed by atoms with Crippen LogP contribution in [-0.2, 0) is 4.79 Å². The zero-order valence-corrected chi connectivity index (χ0v) is 22.5. The standard InChI is InChI=1S/C30H35N2OPS/c1-25(26(2)33)32-24-30(35)31-22-14-3-4-15-23-34(27-16-8-5-9-17-27,28-18-10-6-11-19-28)29-20-12-7-13-21-29/h5-13,16-21H,3-4,14-15,22-24H2,1-2H3/p+1. The van der Waals surface area contributed by atoms with Gasteiger partial charge in [-0.05, 0) is 62.6 Å². The molecule has 35 heavy (non-hydrogen) atoms. The summed E-state index contributed by atoms with van der Waals surface area (Å²) in [5, 5.41) is 7.63. The first-order chi connectivity index (χ1) is 17.0. The van der Waals surface area contributed by atoms with Gasteiger partial charge in [0.15, 0.2) is 5.78 Å². The van der Waals surface area contributed by atoms with Crippen LogP contribution in [0.25, 0.3) is 0 Å². The zero-order valence-electron chi connectivity index (χ0n) is 20.8. The average Bonchev–Trinajstić information content (AvgIpc) is 2.90. The number of hydrogen-bond donors (Lipinski definition) is 1. The van der Waals surface area contributed by atoms with Crippen LogP contribution in [-0.4, -0.2) is 35.7 Å². The van der Waals surface area contributed by atoms with E-state index < -0.39 is 7.26 Å². The van der Waals surface area contributed by atoms with E-state index in [9.17, 15) is 4.79 Å². The van der Waals surface area contributed by atoms with Crippen LogP contribution in [0, 0.1) is 0 Å². The highest BCUT2D eigenvalue weighted by Crippen LogP contribution is 2.55. The molecule has 0 fully saturated rings. The number of Topliss-reactive ketones (excluding diaryl/α,β-unsaturated/α-hetero) is 1. The number of hydrogen-bond acceptors (Lipinski definition) is 3. The van der Waals surface area contributed by atoms with Crippen LogP contribution in [0.5, 0.6) is 0 Å². The maximum absolute atomic E-state index is 11.3. The van der Waals surface area contributed by atoms with E-state index >= 15 is 0 Å². The smallest absolute Gasteiger partial charge is 0.173 e. The SMILES string of the molecule is CC(=O)C(C)=NCC(=S)NCCCCCC[P+](c1ccccc1)(c1ccccc1)c1ccccc1. The van der Waals surface area contributed by atoms with Crippen molar-refractivity contribution in [3.63, 3.8) is 0 Å². The number of rotatable bonds is 13. The van der Waals surface area contributed by atoms with Crippen molar-refractivity contribution in [2.75, 3.05) is 19.3 Å². The number of nitrogens with one attached hydrogen (secondary N) is 1. The van der Waals surface area contributed by atoms with Crippen molar-refractivity contribution in [1.82, 2.24) is 5.32 Å². The Balaban J connectivity index is 1.62. The number of nitrogens with zero attached hydrogens (tertiary/aromatic N) is 1. The van der Waals surface area contributed by atoms with Crippen LogP contribution in [0.1, 0.15) is 39.5 Å². The summed E-state index contributed by atoms with van der Waals surface area (Å²) in [7, 11) is -1.73. The van der Waals surface area contributed by atoms with E-state index in [2.05, 4.69) is 101 Å². The molecule has 182 valence electrons. The van der Waals surface area contributed by atoms with Crippen LogP contribution in [0.4, 0.5) is 0 Å². The highest BCUT2D eigenvalue weighted by atomic mass is 32.1. The van der Waals surface area contributed by atoms with E-state index in [4.69, 9.17) is 12.2 Å². The van der Waals surface area contributed by atoms with E-state index in [0.29, 0.717) is 17.2 Å². The van der Waals surface area contributed by atoms with Gasteiger partial charge in [0.2, 0.25) is 0 Å². The third kappa shape index (κ3) is 7.65. The Kier molecular flexibility index (Phi) is 10.8. The quantitative estimate of drug-likeness (QED) is 0.145. The van der Waals surface area contributed by atoms with Crippen molar-refractivity contribution in [2.24, 2.45) is 4.99 Å². The van der Waals surface area contributed by atoms with Crippen molar-refractivity contribution < 1.29 is 4.79 Å². The van der Waals surface area contributed by atoms with Gasteiger partial charge in [-0.1, -0.05) is 73.2 Å². The van der Waals surface area contributed by atoms with Gasteiger partial charge in [-0.3, -0.25) is 9.79 Å². The molecule has 5 heteroatoms. The molecule has 0 atom stereocenters. The molecule has 3 rings (SSSR count). The molecule has 0 unspecified atom stereocenters. The molecular formula is C30H36N2OPS+. The minimum Gasteiger partial charge on any atom is -0.378 e. The Bertz CT molecular complexity index is 1000. The summed E-state index contributed by atoms with van der Waals surface area (Å²) in [6.07, 6.45) is 5.76. The molecular weight excluding hydrogens is 467 g/mol. The molecule has 0 spiro atoms. The van der Waals surface area contributed by atoms with Gasteiger partial charge in [0.1, 0.15) is 23.2 Å².